The highest BCUT2D eigenvalue weighted by Gasteiger charge is 2.36. The number of nitrogens with two attached hydrogens (primary N) is 1. The summed E-state index contributed by atoms with van der Waals surface area (Å²) in [5.74, 6) is -0.201. The van der Waals surface area contributed by atoms with Gasteiger partial charge in [-0.3, -0.25) is 9.69 Å². The van der Waals surface area contributed by atoms with Gasteiger partial charge in [-0.2, -0.15) is 0 Å². The van der Waals surface area contributed by atoms with Crippen molar-refractivity contribution in [2.24, 2.45) is 5.73 Å². The first kappa shape index (κ1) is 17.1. The lowest BCUT2D eigenvalue weighted by Gasteiger charge is -2.40. The summed E-state index contributed by atoms with van der Waals surface area (Å²) >= 11 is 0. The maximum atomic E-state index is 12.5. The van der Waals surface area contributed by atoms with E-state index in [1.807, 2.05) is 16.7 Å². The lowest BCUT2D eigenvalue weighted by atomic mass is 10.0. The van der Waals surface area contributed by atoms with Gasteiger partial charge in [-0.05, 0) is 53.0 Å². The van der Waals surface area contributed by atoms with Crippen molar-refractivity contribution in [1.82, 2.24) is 14.7 Å². The van der Waals surface area contributed by atoms with Gasteiger partial charge in [-0.15, -0.1) is 0 Å². The Bertz CT molecular complexity index is 405. The summed E-state index contributed by atoms with van der Waals surface area (Å²) in [6, 6.07) is 0.658. The van der Waals surface area contributed by atoms with Crippen LogP contribution in [0.15, 0.2) is 0 Å². The molecule has 2 rings (SSSR count). The van der Waals surface area contributed by atoms with Crippen LogP contribution in [-0.2, 0) is 4.79 Å². The molecule has 0 aliphatic carbocycles. The van der Waals surface area contributed by atoms with Gasteiger partial charge < -0.3 is 15.5 Å². The van der Waals surface area contributed by atoms with Crippen LogP contribution < -0.4 is 5.73 Å². The average Bonchev–Trinajstić information content (AvgIpc) is 2.97. The minimum atomic E-state index is -0.201. The van der Waals surface area contributed by atoms with Crippen molar-refractivity contribution in [1.29, 1.82) is 0 Å². The highest BCUT2D eigenvalue weighted by molar-refractivity contribution is 5.80. The van der Waals surface area contributed by atoms with Crippen LogP contribution in [-0.4, -0.2) is 70.9 Å². The zero-order chi connectivity index (χ0) is 16.3. The van der Waals surface area contributed by atoms with E-state index in [-0.39, 0.29) is 24.0 Å². The molecule has 1 atom stereocenters. The van der Waals surface area contributed by atoms with E-state index in [0.717, 1.165) is 51.9 Å². The number of primary amides is 1. The van der Waals surface area contributed by atoms with Gasteiger partial charge in [-0.1, -0.05) is 0 Å². The van der Waals surface area contributed by atoms with Gasteiger partial charge in [0.2, 0.25) is 5.91 Å². The molecule has 0 saturated carbocycles. The number of carbonyl (C=O) groups is 2. The van der Waals surface area contributed by atoms with E-state index in [2.05, 4.69) is 18.7 Å². The summed E-state index contributed by atoms with van der Waals surface area (Å²) in [5, 5.41) is 0. The molecule has 6 nitrogen and oxygen atoms in total. The number of nitrogens with zero attached hydrogens (tertiary/aromatic N) is 3. The van der Waals surface area contributed by atoms with Gasteiger partial charge in [0.15, 0.2) is 0 Å². The number of amides is 3. The quantitative estimate of drug-likeness (QED) is 0.849. The first-order valence-electron chi connectivity index (χ1n) is 8.56. The summed E-state index contributed by atoms with van der Waals surface area (Å²) in [6.45, 7) is 9.37. The predicted octanol–water partition coefficient (Wildman–Crippen LogP) is 1.25. The third-order valence-electron chi connectivity index (χ3n) is 5.04. The molecule has 2 saturated heterocycles. The molecule has 2 fully saturated rings. The monoisotopic (exact) mass is 310 g/mol. The second-order valence-electron chi connectivity index (χ2n) is 6.68. The minimum absolute atomic E-state index is 0.102. The van der Waals surface area contributed by atoms with Crippen LogP contribution in [0.5, 0.6) is 0 Å². The van der Waals surface area contributed by atoms with Crippen molar-refractivity contribution < 1.29 is 9.59 Å². The number of hydrogen-bond donors (Lipinski definition) is 1. The van der Waals surface area contributed by atoms with Gasteiger partial charge in [-0.25, -0.2) is 4.79 Å². The van der Waals surface area contributed by atoms with Crippen LogP contribution in [0.25, 0.3) is 0 Å². The normalized spacial score (nSPS) is 24.0. The van der Waals surface area contributed by atoms with Crippen LogP contribution >= 0.6 is 0 Å². The molecule has 2 N–H and O–H groups in total. The third-order valence-corrected chi connectivity index (χ3v) is 5.04. The van der Waals surface area contributed by atoms with Crippen LogP contribution in [0.3, 0.4) is 0 Å². The predicted molar refractivity (Wildman–Crippen MR) is 86.4 cm³/mol. The molecule has 6 heteroatoms. The van der Waals surface area contributed by atoms with Crippen molar-refractivity contribution in [3.63, 3.8) is 0 Å². The van der Waals surface area contributed by atoms with Crippen LogP contribution in [0.1, 0.15) is 46.5 Å². The Morgan fingerprint density at radius 2 is 1.82 bits per heavy atom. The summed E-state index contributed by atoms with van der Waals surface area (Å²) in [4.78, 5) is 30.2. The Kier molecular flexibility index (Phi) is 5.67. The summed E-state index contributed by atoms with van der Waals surface area (Å²) in [5.41, 5.74) is 5.51. The van der Waals surface area contributed by atoms with Crippen molar-refractivity contribution >= 4 is 11.9 Å². The lowest BCUT2D eigenvalue weighted by Crippen LogP contribution is -2.54. The molecule has 2 heterocycles. The Morgan fingerprint density at radius 3 is 2.32 bits per heavy atom. The zero-order valence-corrected chi connectivity index (χ0v) is 14.1. The fraction of sp³-hybridized carbons (Fsp3) is 0.875. The number of urea groups is 1. The highest BCUT2D eigenvalue weighted by atomic mass is 16.2. The van der Waals surface area contributed by atoms with Gasteiger partial charge in [0, 0.05) is 31.7 Å². The van der Waals surface area contributed by atoms with E-state index >= 15 is 0 Å². The first-order valence-corrected chi connectivity index (χ1v) is 8.56. The van der Waals surface area contributed by atoms with E-state index in [0.29, 0.717) is 6.04 Å². The Morgan fingerprint density at radius 1 is 1.18 bits per heavy atom. The van der Waals surface area contributed by atoms with E-state index < -0.39 is 0 Å². The topological polar surface area (TPSA) is 69.9 Å². The fourth-order valence-electron chi connectivity index (χ4n) is 3.82. The fourth-order valence-corrected chi connectivity index (χ4v) is 3.82. The number of piperidine rings is 1. The smallest absolute Gasteiger partial charge is 0.320 e. The number of rotatable bonds is 4. The maximum Gasteiger partial charge on any atom is 0.320 e. The molecular weight excluding hydrogens is 280 g/mol. The minimum Gasteiger partial charge on any atom is -0.368 e. The molecule has 22 heavy (non-hydrogen) atoms. The molecule has 0 aromatic heterocycles. The van der Waals surface area contributed by atoms with Crippen molar-refractivity contribution in [2.75, 3.05) is 26.2 Å². The molecule has 0 spiro atoms. The SMILES string of the molecule is CCN(C(=O)N1CCC(N2CCC[C@@H]2C(N)=O)CC1)C(C)C. The van der Waals surface area contributed by atoms with Crippen LogP contribution in [0.4, 0.5) is 4.79 Å². The Labute approximate surface area is 133 Å². The van der Waals surface area contributed by atoms with Crippen LogP contribution in [0, 0.1) is 0 Å². The van der Waals surface area contributed by atoms with Crippen molar-refractivity contribution in [2.45, 2.75) is 64.6 Å². The van der Waals surface area contributed by atoms with Crippen molar-refractivity contribution in [3.05, 3.63) is 0 Å². The van der Waals surface area contributed by atoms with E-state index in [1.54, 1.807) is 0 Å². The van der Waals surface area contributed by atoms with Gasteiger partial charge >= 0.3 is 6.03 Å². The zero-order valence-electron chi connectivity index (χ0n) is 14.1. The molecule has 126 valence electrons. The van der Waals surface area contributed by atoms with Gasteiger partial charge in [0.25, 0.3) is 0 Å². The Hall–Kier alpha value is -1.30. The summed E-state index contributed by atoms with van der Waals surface area (Å²) in [6.07, 6.45) is 3.80. The molecule has 0 aromatic carbocycles. The van der Waals surface area contributed by atoms with E-state index in [1.165, 1.54) is 0 Å². The molecular formula is C16H30N4O2. The average molecular weight is 310 g/mol. The number of carbonyl (C=O) groups excluding carboxylic acids is 2. The molecule has 2 aliphatic rings. The number of likely N-dealkylation sites (tertiary alicyclic amines) is 2. The second-order valence-corrected chi connectivity index (χ2v) is 6.68. The lowest BCUT2D eigenvalue weighted by molar-refractivity contribution is -0.123. The van der Waals surface area contributed by atoms with E-state index in [4.69, 9.17) is 5.73 Å². The maximum absolute atomic E-state index is 12.5. The van der Waals surface area contributed by atoms with Crippen LogP contribution in [0.2, 0.25) is 0 Å². The third kappa shape index (κ3) is 3.54. The van der Waals surface area contributed by atoms with Gasteiger partial charge in [0.05, 0.1) is 6.04 Å². The standard InChI is InChI=1S/C16H30N4O2/c1-4-19(12(2)3)16(22)18-10-7-13(8-11-18)20-9-5-6-14(20)15(17)21/h12-14H,4-11H2,1-3H3,(H2,17,21)/t14-/m1/s1. The molecule has 0 bridgehead atoms. The largest absolute Gasteiger partial charge is 0.368 e. The summed E-state index contributed by atoms with van der Waals surface area (Å²) < 4.78 is 0. The first-order chi connectivity index (χ1) is 10.5. The second kappa shape index (κ2) is 7.31. The van der Waals surface area contributed by atoms with E-state index in [9.17, 15) is 9.59 Å². The van der Waals surface area contributed by atoms with Gasteiger partial charge in [0.1, 0.15) is 0 Å². The highest BCUT2D eigenvalue weighted by Crippen LogP contribution is 2.26. The molecule has 0 aromatic rings. The summed E-state index contributed by atoms with van der Waals surface area (Å²) in [7, 11) is 0. The van der Waals surface area contributed by atoms with Crippen molar-refractivity contribution in [3.8, 4) is 0 Å². The molecule has 3 amide bonds. The number of hydrogen-bond acceptors (Lipinski definition) is 3. The molecule has 2 aliphatic heterocycles. The molecule has 0 radical (unpaired) electrons. The Balaban J connectivity index is 1.90. The molecule has 0 unspecified atom stereocenters.